The number of aromatic amines is 1. The van der Waals surface area contributed by atoms with Crippen molar-refractivity contribution in [1.29, 1.82) is 0 Å². The van der Waals surface area contributed by atoms with Crippen molar-refractivity contribution in [3.05, 3.63) is 23.7 Å². The zero-order chi connectivity index (χ0) is 9.64. The van der Waals surface area contributed by atoms with Crippen LogP contribution in [0.1, 0.15) is 12.2 Å². The minimum atomic E-state index is 0.911. The summed E-state index contributed by atoms with van der Waals surface area (Å²) in [5.74, 6) is 0.936. The first-order chi connectivity index (χ1) is 6.95. The van der Waals surface area contributed by atoms with Crippen molar-refractivity contribution in [3.63, 3.8) is 0 Å². The minimum absolute atomic E-state index is 0.911. The summed E-state index contributed by atoms with van der Waals surface area (Å²) >= 11 is 1.61. The molecule has 0 amide bonds. The molecule has 0 unspecified atom stereocenters. The Kier molecular flexibility index (Phi) is 3.07. The molecule has 0 saturated heterocycles. The van der Waals surface area contributed by atoms with Gasteiger partial charge < -0.3 is 5.32 Å². The first-order valence-corrected chi connectivity index (χ1v) is 5.31. The van der Waals surface area contributed by atoms with Gasteiger partial charge in [-0.2, -0.15) is 5.10 Å². The van der Waals surface area contributed by atoms with E-state index in [0.29, 0.717) is 0 Å². The van der Waals surface area contributed by atoms with Gasteiger partial charge in [-0.3, -0.25) is 5.10 Å². The maximum absolute atomic E-state index is 4.12. The quantitative estimate of drug-likeness (QED) is 0.728. The molecule has 0 aliphatic rings. The lowest BCUT2D eigenvalue weighted by molar-refractivity contribution is 0.805. The van der Waals surface area contributed by atoms with E-state index >= 15 is 0 Å². The summed E-state index contributed by atoms with van der Waals surface area (Å²) in [4.78, 5) is 8.17. The molecule has 2 rings (SSSR count). The van der Waals surface area contributed by atoms with Crippen molar-refractivity contribution < 1.29 is 0 Å². The van der Waals surface area contributed by atoms with Crippen LogP contribution >= 0.6 is 11.3 Å². The van der Waals surface area contributed by atoms with Crippen LogP contribution in [0.2, 0.25) is 0 Å². The zero-order valence-corrected chi connectivity index (χ0v) is 8.42. The third kappa shape index (κ3) is 2.53. The molecule has 2 aromatic heterocycles. The summed E-state index contributed by atoms with van der Waals surface area (Å²) in [6, 6.07) is 0. The Balaban J connectivity index is 1.65. The number of aromatic nitrogens is 4. The van der Waals surface area contributed by atoms with Gasteiger partial charge in [0.05, 0.1) is 0 Å². The van der Waals surface area contributed by atoms with Gasteiger partial charge in [0, 0.05) is 24.5 Å². The fraction of sp³-hybridized carbons (Fsp3) is 0.375. The third-order valence-corrected chi connectivity index (χ3v) is 2.49. The van der Waals surface area contributed by atoms with E-state index in [-0.39, 0.29) is 0 Å². The van der Waals surface area contributed by atoms with Gasteiger partial charge in [-0.25, -0.2) is 9.97 Å². The van der Waals surface area contributed by atoms with Crippen molar-refractivity contribution in [3.8, 4) is 0 Å². The molecule has 2 N–H and O–H groups in total. The molecule has 0 aromatic carbocycles. The highest BCUT2D eigenvalue weighted by atomic mass is 32.1. The topological polar surface area (TPSA) is 66.5 Å². The van der Waals surface area contributed by atoms with Gasteiger partial charge in [0.2, 0.25) is 0 Å². The Morgan fingerprint density at radius 3 is 3.14 bits per heavy atom. The van der Waals surface area contributed by atoms with Crippen LogP contribution in [0.5, 0.6) is 0 Å². The normalized spacial score (nSPS) is 10.3. The molecule has 0 radical (unpaired) electrons. The number of thiazole rings is 1. The second kappa shape index (κ2) is 4.71. The summed E-state index contributed by atoms with van der Waals surface area (Å²) in [7, 11) is 0. The number of nitrogens with one attached hydrogen (secondary N) is 2. The van der Waals surface area contributed by atoms with E-state index in [1.165, 1.54) is 6.33 Å². The zero-order valence-electron chi connectivity index (χ0n) is 7.60. The van der Waals surface area contributed by atoms with Crippen LogP contribution in [0.4, 0.5) is 5.13 Å². The lowest BCUT2D eigenvalue weighted by atomic mass is 10.3. The van der Waals surface area contributed by atoms with Crippen LogP contribution in [-0.2, 0) is 6.42 Å². The molecule has 6 heteroatoms. The molecule has 74 valence electrons. The van der Waals surface area contributed by atoms with Crippen LogP contribution in [-0.4, -0.2) is 26.7 Å². The van der Waals surface area contributed by atoms with Crippen molar-refractivity contribution in [2.75, 3.05) is 11.9 Å². The number of nitrogens with zero attached hydrogens (tertiary/aromatic N) is 3. The molecule has 0 aliphatic heterocycles. The molecular weight excluding hydrogens is 198 g/mol. The van der Waals surface area contributed by atoms with Crippen molar-refractivity contribution >= 4 is 16.5 Å². The molecular formula is C8H11N5S. The largest absolute Gasteiger partial charge is 0.362 e. The third-order valence-electron chi connectivity index (χ3n) is 1.76. The van der Waals surface area contributed by atoms with Crippen molar-refractivity contribution in [2.45, 2.75) is 12.8 Å². The van der Waals surface area contributed by atoms with Crippen LogP contribution in [0.15, 0.2) is 17.9 Å². The molecule has 0 atom stereocenters. The predicted molar refractivity (Wildman–Crippen MR) is 55.3 cm³/mol. The molecule has 2 heterocycles. The minimum Gasteiger partial charge on any atom is -0.362 e. The number of anilines is 1. The maximum Gasteiger partial charge on any atom is 0.182 e. The fourth-order valence-electron chi connectivity index (χ4n) is 1.11. The van der Waals surface area contributed by atoms with Gasteiger partial charge in [0.25, 0.3) is 0 Å². The molecule has 14 heavy (non-hydrogen) atoms. The van der Waals surface area contributed by atoms with Crippen LogP contribution < -0.4 is 5.32 Å². The van der Waals surface area contributed by atoms with E-state index in [1.54, 1.807) is 17.5 Å². The molecule has 0 bridgehead atoms. The monoisotopic (exact) mass is 209 g/mol. The van der Waals surface area contributed by atoms with Gasteiger partial charge in [0.15, 0.2) is 5.13 Å². The number of H-pyrrole nitrogens is 1. The summed E-state index contributed by atoms with van der Waals surface area (Å²) in [5.41, 5.74) is 0. The van der Waals surface area contributed by atoms with Gasteiger partial charge >= 0.3 is 0 Å². The highest BCUT2D eigenvalue weighted by molar-refractivity contribution is 7.13. The molecule has 0 fully saturated rings. The summed E-state index contributed by atoms with van der Waals surface area (Å²) < 4.78 is 0. The average Bonchev–Trinajstić information content (AvgIpc) is 2.86. The fourth-order valence-corrected chi connectivity index (χ4v) is 1.67. The molecule has 0 aliphatic carbocycles. The summed E-state index contributed by atoms with van der Waals surface area (Å²) in [6.45, 7) is 0.911. The van der Waals surface area contributed by atoms with Gasteiger partial charge in [0.1, 0.15) is 12.2 Å². The smallest absolute Gasteiger partial charge is 0.182 e. The van der Waals surface area contributed by atoms with Crippen LogP contribution in [0.3, 0.4) is 0 Å². The Bertz CT molecular complexity index is 305. The average molecular weight is 209 g/mol. The van der Waals surface area contributed by atoms with Crippen molar-refractivity contribution in [1.82, 2.24) is 20.2 Å². The standard InChI is InChI=1S/C8H11N5S/c1(2-7-11-6-12-13-7)3-9-8-10-4-5-14-8/h4-6H,1-3H2,(H,9,10)(H,11,12,13). The van der Waals surface area contributed by atoms with E-state index < -0.39 is 0 Å². The number of hydrogen-bond acceptors (Lipinski definition) is 5. The van der Waals surface area contributed by atoms with Gasteiger partial charge in [-0.1, -0.05) is 0 Å². The Morgan fingerprint density at radius 2 is 2.43 bits per heavy atom. The number of rotatable bonds is 5. The first-order valence-electron chi connectivity index (χ1n) is 4.43. The predicted octanol–water partition coefficient (Wildman–Crippen LogP) is 1.31. The highest BCUT2D eigenvalue weighted by Crippen LogP contribution is 2.09. The first kappa shape index (κ1) is 9.14. The molecule has 2 aromatic rings. The Morgan fingerprint density at radius 1 is 1.43 bits per heavy atom. The number of aryl methyl sites for hydroxylation is 1. The SMILES string of the molecule is c1n[nH]c(CCCNc2nccs2)n1. The van der Waals surface area contributed by atoms with Gasteiger partial charge in [-0.15, -0.1) is 11.3 Å². The van der Waals surface area contributed by atoms with Crippen LogP contribution in [0, 0.1) is 0 Å². The maximum atomic E-state index is 4.12. The van der Waals surface area contributed by atoms with E-state index in [1.807, 2.05) is 5.38 Å². The van der Waals surface area contributed by atoms with Crippen molar-refractivity contribution in [2.24, 2.45) is 0 Å². The van der Waals surface area contributed by atoms with E-state index in [0.717, 1.165) is 30.3 Å². The molecule has 0 saturated carbocycles. The molecule has 0 spiro atoms. The Labute approximate surface area is 85.6 Å². The van der Waals surface area contributed by atoms with E-state index in [4.69, 9.17) is 0 Å². The highest BCUT2D eigenvalue weighted by Gasteiger charge is 1.96. The second-order valence-corrected chi connectivity index (χ2v) is 3.69. The summed E-state index contributed by atoms with van der Waals surface area (Å²) in [5, 5.41) is 12.8. The second-order valence-electron chi connectivity index (χ2n) is 2.80. The Hall–Kier alpha value is -1.43. The lowest BCUT2D eigenvalue weighted by Crippen LogP contribution is -2.03. The van der Waals surface area contributed by atoms with Crippen LogP contribution in [0.25, 0.3) is 0 Å². The lowest BCUT2D eigenvalue weighted by Gasteiger charge is -1.99. The summed E-state index contributed by atoms with van der Waals surface area (Å²) in [6.07, 6.45) is 5.26. The number of hydrogen-bond donors (Lipinski definition) is 2. The van der Waals surface area contributed by atoms with Gasteiger partial charge in [-0.05, 0) is 6.42 Å². The van der Waals surface area contributed by atoms with E-state index in [2.05, 4.69) is 25.5 Å². The van der Waals surface area contributed by atoms with E-state index in [9.17, 15) is 0 Å². The molecule has 5 nitrogen and oxygen atoms in total.